The second kappa shape index (κ2) is 4.41. The van der Waals surface area contributed by atoms with Crippen molar-refractivity contribution in [3.63, 3.8) is 0 Å². The number of fused-ring (bicyclic) bond motifs is 1. The first kappa shape index (κ1) is 12.3. The van der Waals surface area contributed by atoms with Gasteiger partial charge in [-0.15, -0.1) is 0 Å². The first-order chi connectivity index (χ1) is 9.58. The number of aromatic nitrogens is 4. The van der Waals surface area contributed by atoms with E-state index < -0.39 is 5.97 Å². The van der Waals surface area contributed by atoms with Crippen molar-refractivity contribution in [2.45, 2.75) is 6.92 Å². The van der Waals surface area contributed by atoms with Crippen LogP contribution >= 0.6 is 0 Å². The Morgan fingerprint density at radius 1 is 1.30 bits per heavy atom. The van der Waals surface area contributed by atoms with E-state index in [1.54, 1.807) is 43.0 Å². The highest BCUT2D eigenvalue weighted by Crippen LogP contribution is 2.25. The van der Waals surface area contributed by atoms with E-state index >= 15 is 0 Å². The second-order valence-corrected chi connectivity index (χ2v) is 4.48. The Labute approximate surface area is 114 Å². The lowest BCUT2D eigenvalue weighted by molar-refractivity contribution is 0.0699. The summed E-state index contributed by atoms with van der Waals surface area (Å²) in [6.45, 7) is 1.77. The normalized spacial score (nSPS) is 10.9. The van der Waals surface area contributed by atoms with Crippen molar-refractivity contribution in [2.24, 2.45) is 7.05 Å². The Morgan fingerprint density at radius 2 is 2.10 bits per heavy atom. The molecular weight excluding hydrogens is 256 g/mol. The van der Waals surface area contributed by atoms with Crippen molar-refractivity contribution in [2.75, 3.05) is 0 Å². The summed E-state index contributed by atoms with van der Waals surface area (Å²) in [5.41, 5.74) is 2.55. The molecule has 0 spiro atoms. The minimum atomic E-state index is -0.995. The van der Waals surface area contributed by atoms with Gasteiger partial charge < -0.3 is 5.11 Å². The predicted molar refractivity (Wildman–Crippen MR) is 73.4 cm³/mol. The Hall–Kier alpha value is -2.76. The molecule has 0 aromatic carbocycles. The maximum Gasteiger partial charge on any atom is 0.336 e. The molecular formula is C14H12N4O2. The van der Waals surface area contributed by atoms with Gasteiger partial charge in [-0.3, -0.25) is 9.67 Å². The molecule has 3 aromatic rings. The van der Waals surface area contributed by atoms with Crippen LogP contribution in [-0.4, -0.2) is 30.8 Å². The lowest BCUT2D eigenvalue weighted by atomic mass is 10.1. The summed E-state index contributed by atoms with van der Waals surface area (Å²) in [5, 5.41) is 14.2. The van der Waals surface area contributed by atoms with E-state index in [9.17, 15) is 9.90 Å². The van der Waals surface area contributed by atoms with Crippen LogP contribution in [0.25, 0.3) is 22.4 Å². The van der Waals surface area contributed by atoms with Gasteiger partial charge in [0.2, 0.25) is 0 Å². The second-order valence-electron chi connectivity index (χ2n) is 4.48. The summed E-state index contributed by atoms with van der Waals surface area (Å²) >= 11 is 0. The van der Waals surface area contributed by atoms with E-state index in [2.05, 4.69) is 15.1 Å². The van der Waals surface area contributed by atoms with Crippen LogP contribution in [0.4, 0.5) is 0 Å². The van der Waals surface area contributed by atoms with Crippen LogP contribution in [0.2, 0.25) is 0 Å². The molecule has 0 saturated heterocycles. The molecule has 6 nitrogen and oxygen atoms in total. The highest BCUT2D eigenvalue weighted by molar-refractivity contribution is 6.03. The summed E-state index contributed by atoms with van der Waals surface area (Å²) in [4.78, 5) is 20.2. The van der Waals surface area contributed by atoms with Gasteiger partial charge in [-0.2, -0.15) is 5.10 Å². The van der Waals surface area contributed by atoms with E-state index in [-0.39, 0.29) is 5.56 Å². The number of hydrogen-bond donors (Lipinski definition) is 1. The van der Waals surface area contributed by atoms with Crippen molar-refractivity contribution in [1.29, 1.82) is 0 Å². The fourth-order valence-corrected chi connectivity index (χ4v) is 2.26. The third-order valence-electron chi connectivity index (χ3n) is 3.13. The lowest BCUT2D eigenvalue weighted by Crippen LogP contribution is -2.01. The minimum Gasteiger partial charge on any atom is -0.478 e. The van der Waals surface area contributed by atoms with Crippen molar-refractivity contribution in [1.82, 2.24) is 19.7 Å². The zero-order chi connectivity index (χ0) is 14.3. The van der Waals surface area contributed by atoms with E-state index in [0.717, 1.165) is 0 Å². The van der Waals surface area contributed by atoms with Gasteiger partial charge in [-0.1, -0.05) is 6.07 Å². The third kappa shape index (κ3) is 1.82. The number of aryl methyl sites for hydroxylation is 2. The van der Waals surface area contributed by atoms with Crippen molar-refractivity contribution in [3.05, 3.63) is 41.7 Å². The molecule has 0 radical (unpaired) electrons. The van der Waals surface area contributed by atoms with E-state index in [0.29, 0.717) is 28.1 Å². The monoisotopic (exact) mass is 268 g/mol. The van der Waals surface area contributed by atoms with E-state index in [4.69, 9.17) is 0 Å². The number of carboxylic acid groups (broad SMARTS) is 1. The van der Waals surface area contributed by atoms with Crippen LogP contribution in [0.1, 0.15) is 16.1 Å². The fraction of sp³-hybridized carbons (Fsp3) is 0.143. The van der Waals surface area contributed by atoms with E-state index in [1.807, 2.05) is 6.07 Å². The van der Waals surface area contributed by atoms with Crippen molar-refractivity contribution in [3.8, 4) is 11.4 Å². The van der Waals surface area contributed by atoms with Gasteiger partial charge in [0.25, 0.3) is 0 Å². The van der Waals surface area contributed by atoms with Crippen LogP contribution in [0, 0.1) is 6.92 Å². The number of nitrogens with zero attached hydrogens (tertiary/aromatic N) is 4. The molecule has 0 saturated carbocycles. The van der Waals surface area contributed by atoms with Gasteiger partial charge in [0, 0.05) is 13.2 Å². The first-order valence-corrected chi connectivity index (χ1v) is 6.07. The van der Waals surface area contributed by atoms with Gasteiger partial charge >= 0.3 is 5.97 Å². The zero-order valence-corrected chi connectivity index (χ0v) is 11.0. The van der Waals surface area contributed by atoms with Crippen LogP contribution in [0.5, 0.6) is 0 Å². The molecule has 0 aliphatic carbocycles. The molecule has 0 amide bonds. The van der Waals surface area contributed by atoms with Gasteiger partial charge in [-0.25, -0.2) is 9.78 Å². The average molecular weight is 268 g/mol. The minimum absolute atomic E-state index is 0.196. The molecule has 1 N–H and O–H groups in total. The van der Waals surface area contributed by atoms with Crippen LogP contribution < -0.4 is 0 Å². The summed E-state index contributed by atoms with van der Waals surface area (Å²) in [6, 6.07) is 6.97. The summed E-state index contributed by atoms with van der Waals surface area (Å²) < 4.78 is 1.59. The third-order valence-corrected chi connectivity index (χ3v) is 3.13. The maximum absolute atomic E-state index is 11.5. The molecule has 3 heterocycles. The number of aromatic carboxylic acids is 1. The molecule has 0 aliphatic rings. The van der Waals surface area contributed by atoms with Crippen molar-refractivity contribution < 1.29 is 9.90 Å². The Balaban J connectivity index is 2.37. The number of carboxylic acids is 1. The molecule has 0 unspecified atom stereocenters. The number of hydrogen-bond acceptors (Lipinski definition) is 4. The zero-order valence-electron chi connectivity index (χ0n) is 11.0. The molecule has 0 bridgehead atoms. The Bertz CT molecular complexity index is 809. The van der Waals surface area contributed by atoms with Gasteiger partial charge in [0.1, 0.15) is 0 Å². The van der Waals surface area contributed by atoms with E-state index in [1.165, 1.54) is 0 Å². The predicted octanol–water partition coefficient (Wildman–Crippen LogP) is 2.04. The van der Waals surface area contributed by atoms with Gasteiger partial charge in [-0.05, 0) is 25.1 Å². The average Bonchev–Trinajstić information content (AvgIpc) is 2.74. The number of carbonyl (C=O) groups is 1. The first-order valence-electron chi connectivity index (χ1n) is 6.07. The summed E-state index contributed by atoms with van der Waals surface area (Å²) in [7, 11) is 1.75. The molecule has 6 heteroatoms. The fourth-order valence-electron chi connectivity index (χ4n) is 2.26. The molecule has 0 atom stereocenters. The SMILES string of the molecule is Cc1nn(C)c2nc(-c3ccccn3)cc(C(=O)O)c12. The summed E-state index contributed by atoms with van der Waals surface area (Å²) in [6.07, 6.45) is 1.65. The van der Waals surface area contributed by atoms with Gasteiger partial charge in [0.05, 0.1) is 28.0 Å². The molecule has 20 heavy (non-hydrogen) atoms. The molecule has 0 fully saturated rings. The highest BCUT2D eigenvalue weighted by atomic mass is 16.4. The topological polar surface area (TPSA) is 80.9 Å². The Kier molecular flexibility index (Phi) is 2.71. The van der Waals surface area contributed by atoms with Crippen molar-refractivity contribution >= 4 is 17.0 Å². The number of pyridine rings is 2. The maximum atomic E-state index is 11.5. The van der Waals surface area contributed by atoms with Crippen LogP contribution in [-0.2, 0) is 7.05 Å². The largest absolute Gasteiger partial charge is 0.478 e. The number of rotatable bonds is 2. The lowest BCUT2D eigenvalue weighted by Gasteiger charge is -2.04. The quantitative estimate of drug-likeness (QED) is 0.769. The molecule has 0 aliphatic heterocycles. The molecule has 3 aromatic heterocycles. The molecule has 100 valence electrons. The Morgan fingerprint density at radius 3 is 2.75 bits per heavy atom. The summed E-state index contributed by atoms with van der Waals surface area (Å²) in [5.74, 6) is -0.995. The molecule has 3 rings (SSSR count). The standard InChI is InChI=1S/C14H12N4O2/c1-8-12-9(14(19)20)7-11(10-5-3-4-6-15-10)16-13(12)18(2)17-8/h3-7H,1-2H3,(H,19,20). The van der Waals surface area contributed by atoms with Crippen LogP contribution in [0.3, 0.4) is 0 Å². The van der Waals surface area contributed by atoms with Gasteiger partial charge in [0.15, 0.2) is 5.65 Å². The highest BCUT2D eigenvalue weighted by Gasteiger charge is 2.18. The smallest absolute Gasteiger partial charge is 0.336 e. The van der Waals surface area contributed by atoms with Crippen LogP contribution in [0.15, 0.2) is 30.5 Å².